The number of aryl methyl sites for hydroxylation is 1. The minimum atomic E-state index is -0.175. The maximum atomic E-state index is 12.6. The maximum Gasteiger partial charge on any atom is 0.254 e. The van der Waals surface area contributed by atoms with E-state index < -0.39 is 0 Å². The Kier molecular flexibility index (Phi) is 6.27. The molecule has 0 saturated carbocycles. The number of aliphatic hydroxyl groups excluding tert-OH is 1. The van der Waals surface area contributed by atoms with Crippen LogP contribution < -0.4 is 0 Å². The third-order valence-electron chi connectivity index (χ3n) is 3.03. The van der Waals surface area contributed by atoms with E-state index >= 15 is 0 Å². The van der Waals surface area contributed by atoms with Crippen molar-refractivity contribution in [3.63, 3.8) is 0 Å². The van der Waals surface area contributed by atoms with Gasteiger partial charge in [0.2, 0.25) is 0 Å². The smallest absolute Gasteiger partial charge is 0.254 e. The molecule has 0 spiro atoms. The van der Waals surface area contributed by atoms with E-state index in [0.717, 1.165) is 17.7 Å². The molecule has 0 saturated heterocycles. The molecule has 3 nitrogen and oxygen atoms in total. The van der Waals surface area contributed by atoms with Crippen molar-refractivity contribution in [2.24, 2.45) is 5.92 Å². The first-order valence-electron chi connectivity index (χ1n) is 6.99. The molecule has 1 amide bonds. The van der Waals surface area contributed by atoms with Crippen LogP contribution in [-0.4, -0.2) is 35.6 Å². The number of hydrogen-bond donors (Lipinski definition) is 1. The Morgan fingerprint density at radius 2 is 2.10 bits per heavy atom. The first-order valence-corrected chi connectivity index (χ1v) is 6.99. The molecule has 0 unspecified atom stereocenters. The molecule has 0 aliphatic heterocycles. The lowest BCUT2D eigenvalue weighted by molar-refractivity contribution is 0.0745. The summed E-state index contributed by atoms with van der Waals surface area (Å²) in [6.07, 6.45) is 0. The summed E-state index contributed by atoms with van der Waals surface area (Å²) in [5, 5.41) is 8.74. The van der Waals surface area contributed by atoms with Crippen LogP contribution in [0.3, 0.4) is 0 Å². The van der Waals surface area contributed by atoms with Gasteiger partial charge in [0.15, 0.2) is 0 Å². The van der Waals surface area contributed by atoms with Gasteiger partial charge in [-0.05, 0) is 37.5 Å². The first-order chi connectivity index (χ1) is 9.49. The molecule has 0 bridgehead atoms. The van der Waals surface area contributed by atoms with Crippen molar-refractivity contribution in [2.75, 3.05) is 19.7 Å². The van der Waals surface area contributed by atoms with E-state index in [9.17, 15) is 4.79 Å². The summed E-state index contributed by atoms with van der Waals surface area (Å²) in [4.78, 5) is 14.4. The van der Waals surface area contributed by atoms with Crippen LogP contribution in [0.1, 0.15) is 42.3 Å². The topological polar surface area (TPSA) is 40.5 Å². The Morgan fingerprint density at radius 1 is 1.40 bits per heavy atom. The van der Waals surface area contributed by atoms with Crippen LogP contribution in [0.15, 0.2) is 18.2 Å². The van der Waals surface area contributed by atoms with Gasteiger partial charge >= 0.3 is 0 Å². The van der Waals surface area contributed by atoms with Gasteiger partial charge in [0.1, 0.15) is 6.61 Å². The fourth-order valence-electron chi connectivity index (χ4n) is 2.04. The normalized spacial score (nSPS) is 10.1. The van der Waals surface area contributed by atoms with E-state index in [2.05, 4.69) is 25.7 Å². The van der Waals surface area contributed by atoms with Crippen LogP contribution in [0.5, 0.6) is 0 Å². The lowest BCUT2D eigenvalue weighted by Gasteiger charge is -2.23. The number of aliphatic hydroxyl groups is 1. The van der Waals surface area contributed by atoms with Crippen molar-refractivity contribution in [1.82, 2.24) is 4.90 Å². The number of benzene rings is 1. The van der Waals surface area contributed by atoms with Crippen molar-refractivity contribution in [3.8, 4) is 11.8 Å². The average molecular weight is 273 g/mol. The Labute approximate surface area is 121 Å². The monoisotopic (exact) mass is 273 g/mol. The van der Waals surface area contributed by atoms with E-state index in [0.29, 0.717) is 18.0 Å². The molecule has 108 valence electrons. The lowest BCUT2D eigenvalue weighted by atomic mass is 10.0. The van der Waals surface area contributed by atoms with Gasteiger partial charge in [0, 0.05) is 24.2 Å². The first kappa shape index (κ1) is 16.3. The molecule has 1 N–H and O–H groups in total. The standard InChI is InChI=1S/C17H23NO2/c1-5-18(12-13(2)3)17(20)16-11-15(7-6-10-19)9-8-14(16)4/h8-9,11,13,19H,5,10,12H2,1-4H3. The van der Waals surface area contributed by atoms with E-state index in [-0.39, 0.29) is 12.5 Å². The highest BCUT2D eigenvalue weighted by molar-refractivity contribution is 5.96. The molecule has 0 fully saturated rings. The predicted molar refractivity (Wildman–Crippen MR) is 81.6 cm³/mol. The minimum absolute atomic E-state index is 0.0475. The van der Waals surface area contributed by atoms with Gasteiger partial charge in [-0.2, -0.15) is 0 Å². The fourth-order valence-corrected chi connectivity index (χ4v) is 2.04. The van der Waals surface area contributed by atoms with Gasteiger partial charge in [-0.25, -0.2) is 0 Å². The number of amides is 1. The molecular formula is C17H23NO2. The number of carbonyl (C=O) groups is 1. The van der Waals surface area contributed by atoms with Gasteiger partial charge in [-0.15, -0.1) is 0 Å². The molecule has 3 heteroatoms. The van der Waals surface area contributed by atoms with Crippen LogP contribution in [0.2, 0.25) is 0 Å². The highest BCUT2D eigenvalue weighted by Crippen LogP contribution is 2.14. The molecule has 0 radical (unpaired) electrons. The van der Waals surface area contributed by atoms with E-state index in [4.69, 9.17) is 5.11 Å². The molecule has 0 aliphatic rings. The van der Waals surface area contributed by atoms with Crippen molar-refractivity contribution in [3.05, 3.63) is 34.9 Å². The van der Waals surface area contributed by atoms with E-state index in [1.807, 2.05) is 36.9 Å². The zero-order valence-electron chi connectivity index (χ0n) is 12.7. The Hall–Kier alpha value is -1.79. The summed E-state index contributed by atoms with van der Waals surface area (Å²) in [6.45, 7) is 9.40. The molecule has 1 aromatic carbocycles. The second-order valence-electron chi connectivity index (χ2n) is 5.23. The minimum Gasteiger partial charge on any atom is -0.384 e. The van der Waals surface area contributed by atoms with Crippen LogP contribution >= 0.6 is 0 Å². The van der Waals surface area contributed by atoms with E-state index in [1.165, 1.54) is 0 Å². The van der Waals surface area contributed by atoms with Gasteiger partial charge < -0.3 is 10.0 Å². The quantitative estimate of drug-likeness (QED) is 0.856. The summed E-state index contributed by atoms with van der Waals surface area (Å²) in [7, 11) is 0. The van der Waals surface area contributed by atoms with Crippen LogP contribution in [0.4, 0.5) is 0 Å². The Morgan fingerprint density at radius 3 is 2.65 bits per heavy atom. The van der Waals surface area contributed by atoms with Crippen LogP contribution in [-0.2, 0) is 0 Å². The van der Waals surface area contributed by atoms with Crippen LogP contribution in [0.25, 0.3) is 0 Å². The summed E-state index contributed by atoms with van der Waals surface area (Å²) in [5.74, 6) is 5.94. The SMILES string of the molecule is CCN(CC(C)C)C(=O)c1cc(C#CCO)ccc1C. The summed E-state index contributed by atoms with van der Waals surface area (Å²) < 4.78 is 0. The highest BCUT2D eigenvalue weighted by Gasteiger charge is 2.17. The van der Waals surface area contributed by atoms with Gasteiger partial charge in [0.25, 0.3) is 5.91 Å². The molecule has 1 rings (SSSR count). The summed E-state index contributed by atoms with van der Waals surface area (Å²) in [5.41, 5.74) is 2.40. The molecule has 1 aromatic rings. The number of carbonyl (C=O) groups excluding carboxylic acids is 1. The van der Waals surface area contributed by atoms with Crippen molar-refractivity contribution in [1.29, 1.82) is 0 Å². The second-order valence-corrected chi connectivity index (χ2v) is 5.23. The summed E-state index contributed by atoms with van der Waals surface area (Å²) >= 11 is 0. The number of rotatable bonds is 4. The lowest BCUT2D eigenvalue weighted by Crippen LogP contribution is -2.34. The van der Waals surface area contributed by atoms with Crippen LogP contribution in [0, 0.1) is 24.7 Å². The summed E-state index contributed by atoms with van der Waals surface area (Å²) in [6, 6.07) is 5.58. The zero-order chi connectivity index (χ0) is 15.1. The van der Waals surface area contributed by atoms with Gasteiger partial charge in [-0.3, -0.25) is 4.79 Å². The van der Waals surface area contributed by atoms with Gasteiger partial charge in [0.05, 0.1) is 0 Å². The molecule has 0 atom stereocenters. The third kappa shape index (κ3) is 4.40. The number of hydrogen-bond acceptors (Lipinski definition) is 2. The Balaban J connectivity index is 3.07. The second kappa shape index (κ2) is 7.72. The molecular weight excluding hydrogens is 250 g/mol. The van der Waals surface area contributed by atoms with E-state index in [1.54, 1.807) is 0 Å². The molecule has 0 heterocycles. The molecule has 20 heavy (non-hydrogen) atoms. The molecule has 0 aliphatic carbocycles. The third-order valence-corrected chi connectivity index (χ3v) is 3.03. The maximum absolute atomic E-state index is 12.6. The molecule has 0 aromatic heterocycles. The highest BCUT2D eigenvalue weighted by atomic mass is 16.2. The van der Waals surface area contributed by atoms with Crippen molar-refractivity contribution in [2.45, 2.75) is 27.7 Å². The number of nitrogens with zero attached hydrogens (tertiary/aromatic N) is 1. The van der Waals surface area contributed by atoms with Crippen molar-refractivity contribution < 1.29 is 9.90 Å². The Bertz CT molecular complexity index is 524. The van der Waals surface area contributed by atoms with Crippen molar-refractivity contribution >= 4 is 5.91 Å². The predicted octanol–water partition coefficient (Wildman–Crippen LogP) is 2.46. The van der Waals surface area contributed by atoms with Gasteiger partial charge in [-0.1, -0.05) is 31.8 Å². The zero-order valence-corrected chi connectivity index (χ0v) is 12.7. The fraction of sp³-hybridized carbons (Fsp3) is 0.471. The largest absolute Gasteiger partial charge is 0.384 e. The average Bonchev–Trinajstić information content (AvgIpc) is 2.43.